The van der Waals surface area contributed by atoms with Crippen LogP contribution in [0.3, 0.4) is 0 Å². The summed E-state index contributed by atoms with van der Waals surface area (Å²) in [5.41, 5.74) is -1.79. The molecule has 0 bridgehead atoms. The molecule has 1 unspecified atom stereocenters. The van der Waals surface area contributed by atoms with Crippen LogP contribution in [0.25, 0.3) is 0 Å². The maximum absolute atomic E-state index is 13.3. The van der Waals surface area contributed by atoms with E-state index in [1.54, 1.807) is 0 Å². The van der Waals surface area contributed by atoms with Gasteiger partial charge in [-0.05, 0) is 51.1 Å². The third-order valence-corrected chi connectivity index (χ3v) is 4.02. The Morgan fingerprint density at radius 2 is 1.88 bits per heavy atom. The van der Waals surface area contributed by atoms with Crippen LogP contribution in [0.15, 0.2) is 18.2 Å². The Kier molecular flexibility index (Phi) is 5.58. The minimum Gasteiger partial charge on any atom is -0.346 e. The van der Waals surface area contributed by atoms with Crippen LogP contribution in [0.5, 0.6) is 0 Å². The van der Waals surface area contributed by atoms with Crippen LogP contribution < -0.4 is 10.6 Å². The van der Waals surface area contributed by atoms with Crippen molar-refractivity contribution in [2.24, 2.45) is 5.92 Å². The summed E-state index contributed by atoms with van der Waals surface area (Å²) in [5.74, 6) is -2.65. The zero-order valence-electron chi connectivity index (χ0n) is 13.0. The quantitative estimate of drug-likeness (QED) is 0.651. The molecule has 1 amide bonds. The number of ketones is 1. The molecule has 0 saturated carbocycles. The van der Waals surface area contributed by atoms with Crippen molar-refractivity contribution >= 4 is 11.7 Å². The van der Waals surface area contributed by atoms with Crippen molar-refractivity contribution < 1.29 is 27.2 Å². The Hall–Kier alpha value is -1.96. The number of hydrogen-bond donors (Lipinski definition) is 2. The Balaban J connectivity index is 2.09. The number of benzene rings is 1. The zero-order valence-corrected chi connectivity index (χ0v) is 13.0. The van der Waals surface area contributed by atoms with Crippen LogP contribution in [0, 0.1) is 11.7 Å². The zero-order chi connectivity index (χ0) is 17.9. The van der Waals surface area contributed by atoms with E-state index in [1.807, 2.05) is 0 Å². The third kappa shape index (κ3) is 4.31. The van der Waals surface area contributed by atoms with Crippen LogP contribution in [0.1, 0.15) is 35.7 Å². The Morgan fingerprint density at radius 1 is 1.25 bits per heavy atom. The fraction of sp³-hybridized carbons (Fsp3) is 0.500. The monoisotopic (exact) mass is 346 g/mol. The summed E-state index contributed by atoms with van der Waals surface area (Å²) in [5, 5.41) is 5.64. The average Bonchev–Trinajstić information content (AvgIpc) is 2.54. The minimum absolute atomic E-state index is 0.222. The summed E-state index contributed by atoms with van der Waals surface area (Å²) in [6, 6.07) is 1.08. The molecule has 2 rings (SSSR count). The first-order valence-electron chi connectivity index (χ1n) is 7.62. The summed E-state index contributed by atoms with van der Waals surface area (Å²) in [6.45, 7) is 2.80. The van der Waals surface area contributed by atoms with Crippen LogP contribution in [-0.4, -0.2) is 30.8 Å². The second-order valence-electron chi connectivity index (χ2n) is 5.81. The van der Waals surface area contributed by atoms with Gasteiger partial charge in [0.15, 0.2) is 5.78 Å². The highest BCUT2D eigenvalue weighted by atomic mass is 19.4. The van der Waals surface area contributed by atoms with Crippen molar-refractivity contribution in [1.29, 1.82) is 0 Å². The molecular weight excluding hydrogens is 328 g/mol. The molecule has 132 valence electrons. The maximum atomic E-state index is 13.3. The SMILES string of the molecule is CC(NC(=O)C1CCNCC1)C(=O)c1ccc(F)c(C(F)(F)F)c1. The largest absolute Gasteiger partial charge is 0.419 e. The molecule has 1 aliphatic rings. The third-order valence-electron chi connectivity index (χ3n) is 4.02. The standard InChI is InChI=1S/C16H18F4N2O2/c1-9(22-15(24)10-4-6-21-7-5-10)14(23)11-2-3-13(17)12(8-11)16(18,19)20/h2-3,8-10,21H,4-7H2,1H3,(H,22,24). The predicted octanol–water partition coefficient (Wildman–Crippen LogP) is 2.53. The lowest BCUT2D eigenvalue weighted by atomic mass is 9.96. The van der Waals surface area contributed by atoms with E-state index in [0.29, 0.717) is 38.1 Å². The van der Waals surface area contributed by atoms with Gasteiger partial charge in [0.2, 0.25) is 5.91 Å². The summed E-state index contributed by atoms with van der Waals surface area (Å²) >= 11 is 0. The molecule has 2 N–H and O–H groups in total. The second kappa shape index (κ2) is 7.29. The van der Waals surface area contributed by atoms with Gasteiger partial charge in [0.05, 0.1) is 11.6 Å². The van der Waals surface area contributed by atoms with E-state index in [1.165, 1.54) is 6.92 Å². The first-order valence-corrected chi connectivity index (χ1v) is 7.62. The summed E-state index contributed by atoms with van der Waals surface area (Å²) < 4.78 is 51.4. The normalized spacial score (nSPS) is 17.4. The molecule has 1 heterocycles. The van der Waals surface area contributed by atoms with Gasteiger partial charge >= 0.3 is 6.18 Å². The second-order valence-corrected chi connectivity index (χ2v) is 5.81. The fourth-order valence-corrected chi connectivity index (χ4v) is 2.63. The smallest absolute Gasteiger partial charge is 0.346 e. The molecule has 24 heavy (non-hydrogen) atoms. The van der Waals surface area contributed by atoms with Gasteiger partial charge in [0.1, 0.15) is 5.82 Å². The Morgan fingerprint density at radius 3 is 2.46 bits per heavy atom. The van der Waals surface area contributed by atoms with E-state index in [4.69, 9.17) is 0 Å². The Labute approximate surface area is 136 Å². The number of amides is 1. The molecule has 0 aliphatic carbocycles. The van der Waals surface area contributed by atoms with Crippen LogP contribution in [-0.2, 0) is 11.0 Å². The van der Waals surface area contributed by atoms with E-state index in [-0.39, 0.29) is 17.4 Å². The molecule has 0 spiro atoms. The highest BCUT2D eigenvalue weighted by Crippen LogP contribution is 2.32. The molecular formula is C16H18F4N2O2. The lowest BCUT2D eigenvalue weighted by Crippen LogP contribution is -2.44. The average molecular weight is 346 g/mol. The highest BCUT2D eigenvalue weighted by molar-refractivity contribution is 6.02. The number of Topliss-reactive ketones (excluding diaryl/α,β-unsaturated/α-hetero) is 1. The van der Waals surface area contributed by atoms with Gasteiger partial charge in [-0.15, -0.1) is 0 Å². The van der Waals surface area contributed by atoms with Crippen LogP contribution in [0.2, 0.25) is 0 Å². The summed E-state index contributed by atoms with van der Waals surface area (Å²) in [6.07, 6.45) is -3.61. The Bertz CT molecular complexity index is 625. The highest BCUT2D eigenvalue weighted by Gasteiger charge is 2.35. The molecule has 0 aromatic heterocycles. The summed E-state index contributed by atoms with van der Waals surface area (Å²) in [4.78, 5) is 24.3. The number of carbonyl (C=O) groups excluding carboxylic acids is 2. The first kappa shape index (κ1) is 18.4. The fourth-order valence-electron chi connectivity index (χ4n) is 2.63. The van der Waals surface area contributed by atoms with Gasteiger partial charge < -0.3 is 10.6 Å². The molecule has 1 aliphatic heterocycles. The van der Waals surface area contributed by atoms with Crippen molar-refractivity contribution in [3.63, 3.8) is 0 Å². The molecule has 8 heteroatoms. The van der Waals surface area contributed by atoms with E-state index in [9.17, 15) is 27.2 Å². The molecule has 1 saturated heterocycles. The molecule has 1 atom stereocenters. The molecule has 4 nitrogen and oxygen atoms in total. The number of rotatable bonds is 4. The van der Waals surface area contributed by atoms with Crippen molar-refractivity contribution in [3.05, 3.63) is 35.1 Å². The number of halogens is 4. The topological polar surface area (TPSA) is 58.2 Å². The van der Waals surface area contributed by atoms with Crippen LogP contribution in [0.4, 0.5) is 17.6 Å². The van der Waals surface area contributed by atoms with E-state index in [2.05, 4.69) is 10.6 Å². The molecule has 1 aromatic carbocycles. The van der Waals surface area contributed by atoms with Gasteiger partial charge in [0, 0.05) is 11.5 Å². The van der Waals surface area contributed by atoms with Gasteiger partial charge in [-0.25, -0.2) is 4.39 Å². The maximum Gasteiger partial charge on any atom is 0.419 e. The van der Waals surface area contributed by atoms with Crippen LogP contribution >= 0.6 is 0 Å². The lowest BCUT2D eigenvalue weighted by molar-refractivity contribution is -0.140. The van der Waals surface area contributed by atoms with E-state index in [0.717, 1.165) is 6.07 Å². The number of alkyl halides is 3. The van der Waals surface area contributed by atoms with E-state index >= 15 is 0 Å². The first-order chi connectivity index (χ1) is 11.2. The summed E-state index contributed by atoms with van der Waals surface area (Å²) in [7, 11) is 0. The van der Waals surface area contributed by atoms with Crippen molar-refractivity contribution in [3.8, 4) is 0 Å². The molecule has 1 fully saturated rings. The van der Waals surface area contributed by atoms with Gasteiger partial charge in [-0.2, -0.15) is 13.2 Å². The van der Waals surface area contributed by atoms with Gasteiger partial charge in [-0.1, -0.05) is 0 Å². The minimum atomic E-state index is -4.89. The van der Waals surface area contributed by atoms with E-state index < -0.39 is 29.4 Å². The number of hydrogen-bond acceptors (Lipinski definition) is 3. The number of carbonyl (C=O) groups is 2. The molecule has 1 aromatic rings. The number of nitrogens with one attached hydrogen (secondary N) is 2. The van der Waals surface area contributed by atoms with Gasteiger partial charge in [-0.3, -0.25) is 9.59 Å². The van der Waals surface area contributed by atoms with Crippen molar-refractivity contribution in [2.45, 2.75) is 32.0 Å². The predicted molar refractivity (Wildman–Crippen MR) is 78.9 cm³/mol. The lowest BCUT2D eigenvalue weighted by Gasteiger charge is -2.23. The van der Waals surface area contributed by atoms with Crippen molar-refractivity contribution in [2.75, 3.05) is 13.1 Å². The number of piperidine rings is 1. The van der Waals surface area contributed by atoms with Crippen molar-refractivity contribution in [1.82, 2.24) is 10.6 Å². The van der Waals surface area contributed by atoms with Gasteiger partial charge in [0.25, 0.3) is 0 Å². The molecule has 0 radical (unpaired) electrons.